The summed E-state index contributed by atoms with van der Waals surface area (Å²) < 4.78 is 5.30. The van der Waals surface area contributed by atoms with E-state index in [-0.39, 0.29) is 0 Å². The van der Waals surface area contributed by atoms with Gasteiger partial charge in [-0.25, -0.2) is 0 Å². The van der Waals surface area contributed by atoms with Crippen LogP contribution >= 0.6 is 0 Å². The van der Waals surface area contributed by atoms with E-state index >= 15 is 0 Å². The molecule has 0 saturated carbocycles. The zero-order valence-corrected chi connectivity index (χ0v) is 11.5. The van der Waals surface area contributed by atoms with Gasteiger partial charge in [0.05, 0.1) is 7.11 Å². The average Bonchev–Trinajstić information content (AvgIpc) is 2.68. The topological polar surface area (TPSA) is 24.5 Å². The summed E-state index contributed by atoms with van der Waals surface area (Å²) in [5.41, 5.74) is 2.85. The Bertz CT molecular complexity index is 371. The third kappa shape index (κ3) is 3.47. The highest BCUT2D eigenvalue weighted by Gasteiger charge is 2.11. The normalized spacial score (nSPS) is 17.4. The second kappa shape index (κ2) is 6.76. The number of hydrogen-bond donors (Lipinski definition) is 1. The Hall–Kier alpha value is -1.06. The SMILES string of the molecule is CCc1cc(OC)ccc1CN1CCCNCC1. The van der Waals surface area contributed by atoms with Crippen LogP contribution in [0.5, 0.6) is 5.75 Å². The summed E-state index contributed by atoms with van der Waals surface area (Å²) in [5.74, 6) is 0.966. The lowest BCUT2D eigenvalue weighted by Crippen LogP contribution is -2.28. The maximum absolute atomic E-state index is 5.30. The summed E-state index contributed by atoms with van der Waals surface area (Å²) in [4.78, 5) is 2.54. The fourth-order valence-corrected chi connectivity index (χ4v) is 2.51. The van der Waals surface area contributed by atoms with Crippen LogP contribution in [-0.2, 0) is 13.0 Å². The zero-order chi connectivity index (χ0) is 12.8. The van der Waals surface area contributed by atoms with E-state index in [1.807, 2.05) is 0 Å². The van der Waals surface area contributed by atoms with Crippen molar-refractivity contribution >= 4 is 0 Å². The van der Waals surface area contributed by atoms with Crippen molar-refractivity contribution in [2.75, 3.05) is 33.3 Å². The Morgan fingerprint density at radius 2 is 2.11 bits per heavy atom. The lowest BCUT2D eigenvalue weighted by atomic mass is 10.0. The Kier molecular flexibility index (Phi) is 5.02. The number of hydrogen-bond acceptors (Lipinski definition) is 3. The first-order chi connectivity index (χ1) is 8.83. The lowest BCUT2D eigenvalue weighted by Gasteiger charge is -2.21. The van der Waals surface area contributed by atoms with Crippen LogP contribution in [0.2, 0.25) is 0 Å². The van der Waals surface area contributed by atoms with Crippen molar-refractivity contribution in [2.45, 2.75) is 26.3 Å². The molecule has 1 N–H and O–H groups in total. The Morgan fingerprint density at radius 3 is 2.89 bits per heavy atom. The molecule has 1 aliphatic rings. The van der Waals surface area contributed by atoms with Gasteiger partial charge < -0.3 is 10.1 Å². The number of ether oxygens (including phenoxy) is 1. The van der Waals surface area contributed by atoms with Gasteiger partial charge in [0.1, 0.15) is 5.75 Å². The second-order valence-electron chi connectivity index (χ2n) is 4.87. The van der Waals surface area contributed by atoms with Gasteiger partial charge in [-0.2, -0.15) is 0 Å². The minimum absolute atomic E-state index is 0.966. The fraction of sp³-hybridized carbons (Fsp3) is 0.600. The summed E-state index contributed by atoms with van der Waals surface area (Å²) in [6.07, 6.45) is 2.32. The van der Waals surface area contributed by atoms with Crippen LogP contribution in [0.1, 0.15) is 24.5 Å². The maximum Gasteiger partial charge on any atom is 0.119 e. The van der Waals surface area contributed by atoms with Gasteiger partial charge in [-0.3, -0.25) is 4.90 Å². The van der Waals surface area contributed by atoms with Gasteiger partial charge in [-0.15, -0.1) is 0 Å². The number of nitrogens with zero attached hydrogens (tertiary/aromatic N) is 1. The van der Waals surface area contributed by atoms with Crippen LogP contribution in [0.15, 0.2) is 18.2 Å². The molecule has 1 aliphatic heterocycles. The fourth-order valence-electron chi connectivity index (χ4n) is 2.51. The molecule has 1 saturated heterocycles. The molecule has 0 bridgehead atoms. The van der Waals surface area contributed by atoms with Gasteiger partial charge >= 0.3 is 0 Å². The van der Waals surface area contributed by atoms with Crippen LogP contribution in [0.3, 0.4) is 0 Å². The first-order valence-electron chi connectivity index (χ1n) is 6.92. The number of rotatable bonds is 4. The molecule has 18 heavy (non-hydrogen) atoms. The van der Waals surface area contributed by atoms with E-state index in [0.717, 1.165) is 38.3 Å². The van der Waals surface area contributed by atoms with Gasteiger partial charge in [0.15, 0.2) is 0 Å². The molecule has 1 aromatic carbocycles. The van der Waals surface area contributed by atoms with E-state index in [1.54, 1.807) is 7.11 Å². The summed E-state index contributed by atoms with van der Waals surface area (Å²) in [7, 11) is 1.73. The van der Waals surface area contributed by atoms with Gasteiger partial charge in [0.25, 0.3) is 0 Å². The van der Waals surface area contributed by atoms with Gasteiger partial charge in [-0.05, 0) is 49.2 Å². The molecule has 1 heterocycles. The van der Waals surface area contributed by atoms with Crippen molar-refractivity contribution in [3.05, 3.63) is 29.3 Å². The number of benzene rings is 1. The van der Waals surface area contributed by atoms with Crippen molar-refractivity contribution in [1.29, 1.82) is 0 Å². The van der Waals surface area contributed by atoms with E-state index in [2.05, 4.69) is 35.3 Å². The Labute approximate surface area is 110 Å². The van der Waals surface area contributed by atoms with Crippen molar-refractivity contribution in [2.24, 2.45) is 0 Å². The summed E-state index contributed by atoms with van der Waals surface area (Å²) >= 11 is 0. The van der Waals surface area contributed by atoms with Crippen LogP contribution in [0, 0.1) is 0 Å². The number of nitrogens with one attached hydrogen (secondary N) is 1. The Morgan fingerprint density at radius 1 is 1.22 bits per heavy atom. The van der Waals surface area contributed by atoms with Crippen LogP contribution in [0.4, 0.5) is 0 Å². The highest BCUT2D eigenvalue weighted by atomic mass is 16.5. The first kappa shape index (κ1) is 13.4. The molecular weight excluding hydrogens is 224 g/mol. The molecule has 3 nitrogen and oxygen atoms in total. The average molecular weight is 248 g/mol. The largest absolute Gasteiger partial charge is 0.497 e. The minimum atomic E-state index is 0.966. The van der Waals surface area contributed by atoms with Gasteiger partial charge in [-0.1, -0.05) is 13.0 Å². The quantitative estimate of drug-likeness (QED) is 0.882. The summed E-state index contributed by atoms with van der Waals surface area (Å²) in [5, 5.41) is 3.45. The highest BCUT2D eigenvalue weighted by Crippen LogP contribution is 2.20. The van der Waals surface area contributed by atoms with E-state index in [0.29, 0.717) is 0 Å². The first-order valence-corrected chi connectivity index (χ1v) is 6.92. The molecule has 0 radical (unpaired) electrons. The third-order valence-electron chi connectivity index (χ3n) is 3.62. The molecule has 0 amide bonds. The molecule has 2 rings (SSSR count). The third-order valence-corrected chi connectivity index (χ3v) is 3.62. The van der Waals surface area contributed by atoms with Crippen molar-refractivity contribution in [3.63, 3.8) is 0 Å². The molecule has 0 aromatic heterocycles. The molecule has 100 valence electrons. The standard InChI is InChI=1S/C15H24N2O/c1-3-13-11-15(18-2)6-5-14(13)12-17-9-4-7-16-8-10-17/h5-6,11,16H,3-4,7-10,12H2,1-2H3. The van der Waals surface area contributed by atoms with Crippen LogP contribution in [0.25, 0.3) is 0 Å². The van der Waals surface area contributed by atoms with Gasteiger partial charge in [0, 0.05) is 19.6 Å². The predicted octanol–water partition coefficient (Wildman–Crippen LogP) is 2.05. The molecule has 1 fully saturated rings. The second-order valence-corrected chi connectivity index (χ2v) is 4.87. The van der Waals surface area contributed by atoms with Crippen molar-refractivity contribution in [1.82, 2.24) is 10.2 Å². The highest BCUT2D eigenvalue weighted by molar-refractivity contribution is 5.35. The number of aryl methyl sites for hydroxylation is 1. The van der Waals surface area contributed by atoms with Gasteiger partial charge in [0.2, 0.25) is 0 Å². The molecule has 0 atom stereocenters. The minimum Gasteiger partial charge on any atom is -0.497 e. The van der Waals surface area contributed by atoms with E-state index < -0.39 is 0 Å². The number of methoxy groups -OCH3 is 1. The van der Waals surface area contributed by atoms with E-state index in [1.165, 1.54) is 24.1 Å². The molecule has 3 heteroatoms. The summed E-state index contributed by atoms with van der Waals surface area (Å²) in [6.45, 7) is 7.88. The molecule has 0 aliphatic carbocycles. The predicted molar refractivity (Wildman–Crippen MR) is 75.1 cm³/mol. The lowest BCUT2D eigenvalue weighted by molar-refractivity contribution is 0.283. The van der Waals surface area contributed by atoms with Crippen LogP contribution < -0.4 is 10.1 Å². The molecular formula is C15H24N2O. The van der Waals surface area contributed by atoms with Crippen molar-refractivity contribution < 1.29 is 4.74 Å². The zero-order valence-electron chi connectivity index (χ0n) is 11.5. The molecule has 0 spiro atoms. The molecule has 1 aromatic rings. The van der Waals surface area contributed by atoms with E-state index in [4.69, 9.17) is 4.74 Å². The smallest absolute Gasteiger partial charge is 0.119 e. The monoisotopic (exact) mass is 248 g/mol. The summed E-state index contributed by atoms with van der Waals surface area (Å²) in [6, 6.07) is 6.46. The maximum atomic E-state index is 5.30. The van der Waals surface area contributed by atoms with Crippen LogP contribution in [-0.4, -0.2) is 38.2 Å². The van der Waals surface area contributed by atoms with E-state index in [9.17, 15) is 0 Å². The molecule has 0 unspecified atom stereocenters. The Balaban J connectivity index is 2.07. The van der Waals surface area contributed by atoms with Crippen molar-refractivity contribution in [3.8, 4) is 5.75 Å².